The number of aliphatic carboxylic acids is 1. The molecule has 4 heteroatoms. The van der Waals surface area contributed by atoms with Crippen LogP contribution in [0, 0.1) is 0 Å². The molecule has 0 spiro atoms. The zero-order valence-electron chi connectivity index (χ0n) is 6.49. The molecule has 0 aromatic heterocycles. The maximum Gasteiger partial charge on any atom is 0.332 e. The first-order valence-electron chi connectivity index (χ1n) is 3.73. The first kappa shape index (κ1) is 8.49. The molecule has 4 nitrogen and oxygen atoms in total. The van der Waals surface area contributed by atoms with Gasteiger partial charge < -0.3 is 15.6 Å². The molecule has 0 aromatic carbocycles. The van der Waals surface area contributed by atoms with Crippen LogP contribution in [0.1, 0.15) is 19.8 Å². The van der Waals surface area contributed by atoms with Crippen molar-refractivity contribution in [2.75, 3.05) is 0 Å². The van der Waals surface area contributed by atoms with E-state index in [0.29, 0.717) is 0 Å². The maximum absolute atomic E-state index is 10.3. The zero-order valence-corrected chi connectivity index (χ0v) is 6.49. The van der Waals surface area contributed by atoms with Crippen molar-refractivity contribution in [3.05, 3.63) is 0 Å². The number of rotatable bonds is 3. The highest BCUT2D eigenvalue weighted by atomic mass is 16.5. The van der Waals surface area contributed by atoms with E-state index in [0.717, 1.165) is 12.8 Å². The Labute approximate surface area is 65.3 Å². The fourth-order valence-corrected chi connectivity index (χ4v) is 1.06. The van der Waals surface area contributed by atoms with Crippen LogP contribution in [0.4, 0.5) is 0 Å². The minimum atomic E-state index is -0.912. The lowest BCUT2D eigenvalue weighted by molar-refractivity contribution is -0.156. The molecule has 11 heavy (non-hydrogen) atoms. The van der Waals surface area contributed by atoms with Gasteiger partial charge in [-0.05, 0) is 19.8 Å². The van der Waals surface area contributed by atoms with Crippen LogP contribution in [0.3, 0.4) is 0 Å². The Morgan fingerprint density at radius 2 is 2.27 bits per heavy atom. The second-order valence-electron chi connectivity index (χ2n) is 2.97. The quantitative estimate of drug-likeness (QED) is 0.606. The molecule has 0 bridgehead atoms. The Balaban J connectivity index is 2.16. The number of carboxylic acid groups (broad SMARTS) is 1. The van der Waals surface area contributed by atoms with Crippen molar-refractivity contribution in [1.82, 2.24) is 0 Å². The molecule has 0 radical (unpaired) electrons. The summed E-state index contributed by atoms with van der Waals surface area (Å²) in [6.45, 7) is 1.53. The van der Waals surface area contributed by atoms with E-state index in [4.69, 9.17) is 15.6 Å². The van der Waals surface area contributed by atoms with E-state index < -0.39 is 12.1 Å². The first-order valence-corrected chi connectivity index (χ1v) is 3.73. The van der Waals surface area contributed by atoms with Crippen molar-refractivity contribution in [2.45, 2.75) is 38.0 Å². The summed E-state index contributed by atoms with van der Waals surface area (Å²) in [5.74, 6) is -0.912. The van der Waals surface area contributed by atoms with Gasteiger partial charge in [-0.1, -0.05) is 0 Å². The third kappa shape index (κ3) is 2.17. The van der Waals surface area contributed by atoms with Gasteiger partial charge in [0.15, 0.2) is 6.10 Å². The molecular weight excluding hydrogens is 146 g/mol. The van der Waals surface area contributed by atoms with Crippen molar-refractivity contribution >= 4 is 5.97 Å². The molecule has 1 aliphatic rings. The van der Waals surface area contributed by atoms with Crippen LogP contribution in [0.5, 0.6) is 0 Å². The number of carboxylic acids is 1. The highest BCUT2D eigenvalue weighted by molar-refractivity contribution is 5.71. The second-order valence-corrected chi connectivity index (χ2v) is 2.97. The van der Waals surface area contributed by atoms with Crippen LogP contribution in [0.2, 0.25) is 0 Å². The van der Waals surface area contributed by atoms with E-state index in [-0.39, 0.29) is 12.1 Å². The average Bonchev–Trinajstić information content (AvgIpc) is 1.84. The Morgan fingerprint density at radius 3 is 2.64 bits per heavy atom. The molecule has 0 saturated heterocycles. The summed E-state index contributed by atoms with van der Waals surface area (Å²) in [6, 6.07) is 0.209. The minimum absolute atomic E-state index is 0.0658. The van der Waals surface area contributed by atoms with Crippen LogP contribution in [0.15, 0.2) is 0 Å². The number of hydrogen-bond acceptors (Lipinski definition) is 3. The van der Waals surface area contributed by atoms with Gasteiger partial charge in [0, 0.05) is 6.04 Å². The fraction of sp³-hybridized carbons (Fsp3) is 0.857. The Hall–Kier alpha value is -0.610. The lowest BCUT2D eigenvalue weighted by atomic mass is 9.90. The highest BCUT2D eigenvalue weighted by Crippen LogP contribution is 2.22. The Bertz CT molecular complexity index is 154. The monoisotopic (exact) mass is 159 g/mol. The van der Waals surface area contributed by atoms with Crippen LogP contribution < -0.4 is 5.73 Å². The predicted octanol–water partition coefficient (Wildman–Crippen LogP) is -0.0342. The molecule has 1 rings (SSSR count). The second kappa shape index (κ2) is 3.19. The van der Waals surface area contributed by atoms with Gasteiger partial charge in [0.1, 0.15) is 0 Å². The van der Waals surface area contributed by atoms with Crippen LogP contribution >= 0.6 is 0 Å². The molecule has 1 atom stereocenters. The van der Waals surface area contributed by atoms with Crippen molar-refractivity contribution in [2.24, 2.45) is 5.73 Å². The molecule has 1 aliphatic carbocycles. The third-order valence-electron chi connectivity index (χ3n) is 1.88. The van der Waals surface area contributed by atoms with Crippen molar-refractivity contribution in [3.8, 4) is 0 Å². The van der Waals surface area contributed by atoms with E-state index in [1.54, 1.807) is 0 Å². The highest BCUT2D eigenvalue weighted by Gasteiger charge is 2.29. The molecule has 1 unspecified atom stereocenters. The summed E-state index contributed by atoms with van der Waals surface area (Å²) in [5, 5.41) is 8.46. The van der Waals surface area contributed by atoms with Gasteiger partial charge in [-0.3, -0.25) is 0 Å². The van der Waals surface area contributed by atoms with Gasteiger partial charge >= 0.3 is 5.97 Å². The Kier molecular flexibility index (Phi) is 2.46. The molecule has 0 aliphatic heterocycles. The average molecular weight is 159 g/mol. The van der Waals surface area contributed by atoms with Crippen molar-refractivity contribution in [1.29, 1.82) is 0 Å². The van der Waals surface area contributed by atoms with Crippen molar-refractivity contribution in [3.63, 3.8) is 0 Å². The van der Waals surface area contributed by atoms with Gasteiger partial charge in [-0.2, -0.15) is 0 Å². The summed E-state index contributed by atoms with van der Waals surface area (Å²) in [6.07, 6.45) is 0.943. The first-order chi connectivity index (χ1) is 5.09. The summed E-state index contributed by atoms with van der Waals surface area (Å²) in [4.78, 5) is 10.3. The minimum Gasteiger partial charge on any atom is -0.479 e. The molecule has 1 fully saturated rings. The van der Waals surface area contributed by atoms with E-state index >= 15 is 0 Å². The Morgan fingerprint density at radius 1 is 1.73 bits per heavy atom. The number of nitrogens with two attached hydrogens (primary N) is 1. The van der Waals surface area contributed by atoms with Gasteiger partial charge in [0.2, 0.25) is 0 Å². The largest absolute Gasteiger partial charge is 0.479 e. The van der Waals surface area contributed by atoms with Gasteiger partial charge in [-0.25, -0.2) is 4.79 Å². The predicted molar refractivity (Wildman–Crippen MR) is 39.2 cm³/mol. The van der Waals surface area contributed by atoms with Crippen LogP contribution in [-0.4, -0.2) is 29.3 Å². The molecule has 0 heterocycles. The van der Waals surface area contributed by atoms with E-state index in [1.165, 1.54) is 6.92 Å². The van der Waals surface area contributed by atoms with Crippen LogP contribution in [0.25, 0.3) is 0 Å². The lowest BCUT2D eigenvalue weighted by Gasteiger charge is -2.33. The number of ether oxygens (including phenoxy) is 1. The maximum atomic E-state index is 10.3. The molecule has 1 saturated carbocycles. The lowest BCUT2D eigenvalue weighted by Crippen LogP contribution is -2.44. The van der Waals surface area contributed by atoms with Crippen LogP contribution in [-0.2, 0) is 9.53 Å². The van der Waals surface area contributed by atoms with E-state index in [1.807, 2.05) is 0 Å². The summed E-state index contributed by atoms with van der Waals surface area (Å²) in [7, 11) is 0. The van der Waals surface area contributed by atoms with E-state index in [9.17, 15) is 4.79 Å². The number of hydrogen-bond donors (Lipinski definition) is 2. The smallest absolute Gasteiger partial charge is 0.332 e. The molecule has 0 amide bonds. The molecule has 3 N–H and O–H groups in total. The zero-order chi connectivity index (χ0) is 8.43. The van der Waals surface area contributed by atoms with Gasteiger partial charge in [0.25, 0.3) is 0 Å². The van der Waals surface area contributed by atoms with Gasteiger partial charge in [-0.15, -0.1) is 0 Å². The molecular formula is C7H13NO3. The molecule has 0 aromatic rings. The fourth-order valence-electron chi connectivity index (χ4n) is 1.06. The normalized spacial score (nSPS) is 32.5. The van der Waals surface area contributed by atoms with Gasteiger partial charge in [0.05, 0.1) is 6.10 Å². The van der Waals surface area contributed by atoms with E-state index in [2.05, 4.69) is 0 Å². The van der Waals surface area contributed by atoms with Crippen molar-refractivity contribution < 1.29 is 14.6 Å². The summed E-state index contributed by atoms with van der Waals surface area (Å²) >= 11 is 0. The summed E-state index contributed by atoms with van der Waals surface area (Å²) in [5.41, 5.74) is 5.49. The SMILES string of the molecule is CC(OC1CC(N)C1)C(=O)O. The number of carbonyl (C=O) groups is 1. The third-order valence-corrected chi connectivity index (χ3v) is 1.88. The standard InChI is InChI=1S/C7H13NO3/c1-4(7(9)10)11-6-2-5(8)3-6/h4-6H,2-3,8H2,1H3,(H,9,10). The topological polar surface area (TPSA) is 72.5 Å². The molecule has 64 valence electrons. The summed E-state index contributed by atoms with van der Waals surface area (Å²) < 4.78 is 5.14.